The van der Waals surface area contributed by atoms with Gasteiger partial charge >= 0.3 is 0 Å². The fourth-order valence-corrected chi connectivity index (χ4v) is 2.79. The van der Waals surface area contributed by atoms with E-state index < -0.39 is 0 Å². The van der Waals surface area contributed by atoms with Crippen molar-refractivity contribution in [3.63, 3.8) is 0 Å². The van der Waals surface area contributed by atoms with Crippen molar-refractivity contribution in [1.82, 2.24) is 4.98 Å². The molecule has 0 saturated carbocycles. The van der Waals surface area contributed by atoms with Gasteiger partial charge in [-0.05, 0) is 37.8 Å². The van der Waals surface area contributed by atoms with Gasteiger partial charge in [0, 0.05) is 13.1 Å². The molecule has 0 amide bonds. The van der Waals surface area contributed by atoms with Gasteiger partial charge in [-0.2, -0.15) is 10.2 Å². The maximum atomic E-state index is 9.23. The van der Waals surface area contributed by atoms with Crippen LogP contribution in [0.15, 0.2) is 22.6 Å². The van der Waals surface area contributed by atoms with Gasteiger partial charge in [-0.1, -0.05) is 18.2 Å². The number of hydrogen-bond acceptors (Lipinski definition) is 5. The lowest BCUT2D eigenvalue weighted by Crippen LogP contribution is -2.17. The van der Waals surface area contributed by atoms with Crippen LogP contribution in [0.1, 0.15) is 35.6 Å². The zero-order chi connectivity index (χ0) is 15.5. The minimum atomic E-state index is 0.230. The van der Waals surface area contributed by atoms with Crippen LogP contribution in [0.25, 0.3) is 0 Å². The highest BCUT2D eigenvalue weighted by atomic mass is 16.5. The smallest absolute Gasteiger partial charge is 0.236 e. The first-order valence-corrected chi connectivity index (χ1v) is 7.53. The summed E-state index contributed by atoms with van der Waals surface area (Å²) >= 11 is 0. The molecular weight excluding hydrogens is 278 g/mol. The Labute approximate surface area is 130 Å². The highest BCUT2D eigenvalue weighted by Gasteiger charge is 2.22. The minimum absolute atomic E-state index is 0.230. The summed E-state index contributed by atoms with van der Waals surface area (Å²) in [6.45, 7) is 6.08. The Morgan fingerprint density at radius 2 is 1.95 bits per heavy atom. The molecule has 1 saturated heterocycles. The number of anilines is 1. The van der Waals surface area contributed by atoms with Crippen LogP contribution in [0.5, 0.6) is 5.75 Å². The Bertz CT molecular complexity index is 689. The van der Waals surface area contributed by atoms with Crippen molar-refractivity contribution in [2.75, 3.05) is 18.0 Å². The van der Waals surface area contributed by atoms with E-state index in [0.717, 1.165) is 42.8 Å². The van der Waals surface area contributed by atoms with Crippen LogP contribution in [0.3, 0.4) is 0 Å². The SMILES string of the molecule is Cc1cccc(C)c1OCc1nc(C#N)c(N2CCCC2)o1. The molecule has 0 radical (unpaired) electrons. The van der Waals surface area contributed by atoms with Crippen LogP contribution in [-0.2, 0) is 6.61 Å². The molecule has 2 aromatic rings. The molecule has 1 aromatic heterocycles. The van der Waals surface area contributed by atoms with Gasteiger partial charge in [0.25, 0.3) is 0 Å². The molecule has 1 aliphatic heterocycles. The molecule has 1 aliphatic rings. The van der Waals surface area contributed by atoms with E-state index in [4.69, 9.17) is 9.15 Å². The van der Waals surface area contributed by atoms with Gasteiger partial charge < -0.3 is 14.1 Å². The summed E-state index contributed by atoms with van der Waals surface area (Å²) in [6, 6.07) is 8.13. The van der Waals surface area contributed by atoms with Crippen LogP contribution < -0.4 is 9.64 Å². The summed E-state index contributed by atoms with van der Waals surface area (Å²) in [4.78, 5) is 6.33. The zero-order valence-electron chi connectivity index (χ0n) is 12.9. The molecular formula is C17H19N3O2. The number of benzene rings is 1. The second-order valence-corrected chi connectivity index (χ2v) is 5.58. The number of ether oxygens (including phenoxy) is 1. The number of aryl methyl sites for hydroxylation is 2. The lowest BCUT2D eigenvalue weighted by Gasteiger charge is -2.13. The third kappa shape index (κ3) is 2.77. The molecule has 0 spiro atoms. The maximum absolute atomic E-state index is 9.23. The molecule has 3 rings (SSSR count). The molecule has 2 heterocycles. The summed E-state index contributed by atoms with van der Waals surface area (Å²) in [5.74, 6) is 1.88. The third-order valence-corrected chi connectivity index (χ3v) is 3.90. The molecule has 5 nitrogen and oxygen atoms in total. The molecule has 1 fully saturated rings. The van der Waals surface area contributed by atoms with Gasteiger partial charge in [-0.25, -0.2) is 0 Å². The van der Waals surface area contributed by atoms with E-state index in [2.05, 4.69) is 16.0 Å². The monoisotopic (exact) mass is 297 g/mol. The number of oxazole rings is 1. The minimum Gasteiger partial charge on any atom is -0.483 e. The lowest BCUT2D eigenvalue weighted by molar-refractivity contribution is 0.260. The number of para-hydroxylation sites is 1. The highest BCUT2D eigenvalue weighted by Crippen LogP contribution is 2.27. The number of nitriles is 1. The first kappa shape index (κ1) is 14.5. The normalized spacial score (nSPS) is 14.1. The van der Waals surface area contributed by atoms with E-state index in [1.165, 1.54) is 0 Å². The molecule has 114 valence electrons. The van der Waals surface area contributed by atoms with Crippen LogP contribution in [-0.4, -0.2) is 18.1 Å². The summed E-state index contributed by atoms with van der Waals surface area (Å²) < 4.78 is 11.6. The third-order valence-electron chi connectivity index (χ3n) is 3.90. The molecule has 0 N–H and O–H groups in total. The maximum Gasteiger partial charge on any atom is 0.236 e. The van der Waals surface area contributed by atoms with Gasteiger partial charge in [0.1, 0.15) is 11.8 Å². The van der Waals surface area contributed by atoms with Gasteiger partial charge in [0.05, 0.1) is 0 Å². The van der Waals surface area contributed by atoms with Crippen LogP contribution >= 0.6 is 0 Å². The Balaban J connectivity index is 1.77. The topological polar surface area (TPSA) is 62.3 Å². The van der Waals surface area contributed by atoms with Gasteiger partial charge in [0.2, 0.25) is 17.5 Å². The lowest BCUT2D eigenvalue weighted by atomic mass is 10.1. The number of aromatic nitrogens is 1. The van der Waals surface area contributed by atoms with Gasteiger partial charge in [-0.15, -0.1) is 0 Å². The largest absolute Gasteiger partial charge is 0.483 e. The fraction of sp³-hybridized carbons (Fsp3) is 0.412. The van der Waals surface area contributed by atoms with Crippen molar-refractivity contribution in [1.29, 1.82) is 5.26 Å². The first-order valence-electron chi connectivity index (χ1n) is 7.53. The van der Waals surface area contributed by atoms with E-state index in [1.807, 2.05) is 32.0 Å². The zero-order valence-corrected chi connectivity index (χ0v) is 12.9. The van der Waals surface area contributed by atoms with E-state index >= 15 is 0 Å². The van der Waals surface area contributed by atoms with Crippen LogP contribution in [0.4, 0.5) is 5.88 Å². The molecule has 0 bridgehead atoms. The number of hydrogen-bond donors (Lipinski definition) is 0. The van der Waals surface area contributed by atoms with Crippen molar-refractivity contribution in [3.05, 3.63) is 40.9 Å². The summed E-state index contributed by atoms with van der Waals surface area (Å²) in [5.41, 5.74) is 2.50. The molecule has 0 aliphatic carbocycles. The highest BCUT2D eigenvalue weighted by molar-refractivity contribution is 5.48. The molecule has 0 unspecified atom stereocenters. The standard InChI is InChI=1S/C17H19N3O2/c1-12-6-5-7-13(2)16(12)21-11-15-19-14(10-18)17(22-15)20-8-3-4-9-20/h5-7H,3-4,8-9,11H2,1-2H3. The second kappa shape index (κ2) is 6.10. The Morgan fingerprint density at radius 1 is 1.27 bits per heavy atom. The van der Waals surface area contributed by atoms with E-state index in [9.17, 15) is 5.26 Å². The molecule has 5 heteroatoms. The average molecular weight is 297 g/mol. The van der Waals surface area contributed by atoms with Crippen molar-refractivity contribution >= 4 is 5.88 Å². The molecule has 0 atom stereocenters. The van der Waals surface area contributed by atoms with Crippen molar-refractivity contribution in [3.8, 4) is 11.8 Å². The van der Waals surface area contributed by atoms with E-state index in [0.29, 0.717) is 17.5 Å². The van der Waals surface area contributed by atoms with Crippen LogP contribution in [0.2, 0.25) is 0 Å². The van der Waals surface area contributed by atoms with Gasteiger partial charge in [-0.3, -0.25) is 0 Å². The quantitative estimate of drug-likeness (QED) is 0.866. The summed E-state index contributed by atoms with van der Waals surface area (Å²) in [7, 11) is 0. The van der Waals surface area contributed by atoms with E-state index in [1.54, 1.807) is 0 Å². The predicted octanol–water partition coefficient (Wildman–Crippen LogP) is 3.34. The Morgan fingerprint density at radius 3 is 2.59 bits per heavy atom. The van der Waals surface area contributed by atoms with Crippen molar-refractivity contribution < 1.29 is 9.15 Å². The van der Waals surface area contributed by atoms with Crippen molar-refractivity contribution in [2.45, 2.75) is 33.3 Å². The molecule has 22 heavy (non-hydrogen) atoms. The van der Waals surface area contributed by atoms with E-state index in [-0.39, 0.29) is 6.61 Å². The first-order chi connectivity index (χ1) is 10.7. The summed E-state index contributed by atoms with van der Waals surface area (Å²) in [5, 5.41) is 9.23. The second-order valence-electron chi connectivity index (χ2n) is 5.58. The predicted molar refractivity (Wildman–Crippen MR) is 82.9 cm³/mol. The molecule has 1 aromatic carbocycles. The Kier molecular flexibility index (Phi) is 4.01. The number of rotatable bonds is 4. The number of nitrogens with zero attached hydrogens (tertiary/aromatic N) is 3. The fourth-order valence-electron chi connectivity index (χ4n) is 2.79. The van der Waals surface area contributed by atoms with Crippen LogP contribution in [0, 0.1) is 25.2 Å². The van der Waals surface area contributed by atoms with Crippen molar-refractivity contribution in [2.24, 2.45) is 0 Å². The average Bonchev–Trinajstić information content (AvgIpc) is 3.15. The Hall–Kier alpha value is -2.48. The summed E-state index contributed by atoms with van der Waals surface area (Å²) in [6.07, 6.45) is 2.25. The van der Waals surface area contributed by atoms with Gasteiger partial charge in [0.15, 0.2) is 6.61 Å².